The monoisotopic (exact) mass is 248 g/mol. The van der Waals surface area contributed by atoms with E-state index in [4.69, 9.17) is 0 Å². The molecule has 0 aliphatic carbocycles. The van der Waals surface area contributed by atoms with E-state index in [1.54, 1.807) is 0 Å². The lowest BCUT2D eigenvalue weighted by Crippen LogP contribution is -2.18. The molecule has 6 nitrogen and oxygen atoms in total. The van der Waals surface area contributed by atoms with Gasteiger partial charge in [0.2, 0.25) is 20.0 Å². The van der Waals surface area contributed by atoms with E-state index in [1.807, 2.05) is 0 Å². The maximum Gasteiger partial charge on any atom is 0.250 e. The number of nitrogens with one attached hydrogen (secondary N) is 1. The lowest BCUT2D eigenvalue weighted by Gasteiger charge is -2.12. The van der Waals surface area contributed by atoms with Gasteiger partial charge in [0.15, 0.2) is 0 Å². The van der Waals surface area contributed by atoms with Crippen molar-refractivity contribution in [3.05, 3.63) is 0 Å². The molecule has 0 aromatic rings. The first-order valence-corrected chi connectivity index (χ1v) is 9.56. The third-order valence-corrected chi connectivity index (χ3v) is 6.67. The summed E-state index contributed by atoms with van der Waals surface area (Å²) < 4.78 is 48.7. The van der Waals surface area contributed by atoms with Gasteiger partial charge < -0.3 is 0 Å². The Hall–Kier alpha value is 0.0900. The summed E-state index contributed by atoms with van der Waals surface area (Å²) in [6, 6.07) is 0. The Morgan fingerprint density at radius 2 is 1.46 bits per heavy atom. The fraction of sp³-hybridized carbons (Fsp3) is 1.00. The summed E-state index contributed by atoms with van der Waals surface area (Å²) in [5, 5.41) is 0. The SMILES string of the molecule is CP(C)(=NS(C)(=O)=O)NS(C)(=O)=O. The molecule has 0 aromatic carbocycles. The molecule has 0 atom stereocenters. The highest BCUT2D eigenvalue weighted by Gasteiger charge is 2.14. The van der Waals surface area contributed by atoms with Crippen molar-refractivity contribution in [2.75, 3.05) is 25.8 Å². The van der Waals surface area contributed by atoms with Crippen LogP contribution in [0.15, 0.2) is 4.15 Å². The summed E-state index contributed by atoms with van der Waals surface area (Å²) in [6.07, 6.45) is 1.89. The van der Waals surface area contributed by atoms with Crippen LogP contribution in [0.4, 0.5) is 0 Å². The molecule has 0 aliphatic heterocycles. The van der Waals surface area contributed by atoms with Crippen molar-refractivity contribution in [1.29, 1.82) is 0 Å². The fourth-order valence-electron chi connectivity index (χ4n) is 0.793. The van der Waals surface area contributed by atoms with Crippen LogP contribution in [0.2, 0.25) is 0 Å². The van der Waals surface area contributed by atoms with E-state index in [2.05, 4.69) is 8.64 Å². The van der Waals surface area contributed by atoms with Gasteiger partial charge in [-0.25, -0.2) is 16.8 Å². The molecule has 0 aromatic heterocycles. The van der Waals surface area contributed by atoms with Crippen LogP contribution in [0.3, 0.4) is 0 Å². The van der Waals surface area contributed by atoms with Crippen molar-refractivity contribution in [3.63, 3.8) is 0 Å². The minimum Gasteiger partial charge on any atom is -0.212 e. The molecule has 9 heteroatoms. The summed E-state index contributed by atoms with van der Waals surface area (Å²) in [5.41, 5.74) is 0. The summed E-state index contributed by atoms with van der Waals surface area (Å²) in [4.78, 5) is 0. The standard InChI is InChI=1S/C4H13N2O4PS2/c1-11(2,5-12(3,7)8)6-13(4,9)10/h5H,1-4H3. The predicted molar refractivity (Wildman–Crippen MR) is 54.0 cm³/mol. The second kappa shape index (κ2) is 3.68. The van der Waals surface area contributed by atoms with Gasteiger partial charge >= 0.3 is 0 Å². The average molecular weight is 248 g/mol. The van der Waals surface area contributed by atoms with Crippen LogP contribution in [0, 0.1) is 0 Å². The molecule has 0 heterocycles. The van der Waals surface area contributed by atoms with Crippen molar-refractivity contribution < 1.29 is 16.8 Å². The molecule has 0 aliphatic rings. The molecule has 0 bridgehead atoms. The molecule has 1 N–H and O–H groups in total. The minimum absolute atomic E-state index is 0.929. The van der Waals surface area contributed by atoms with Gasteiger partial charge in [0.05, 0.1) is 19.7 Å². The molecule has 80 valence electrons. The van der Waals surface area contributed by atoms with Crippen LogP contribution in [0.1, 0.15) is 0 Å². The van der Waals surface area contributed by atoms with Gasteiger partial charge in [-0.2, -0.15) is 8.64 Å². The van der Waals surface area contributed by atoms with Gasteiger partial charge in [-0.1, -0.05) is 0 Å². The number of hydrogen-bond donors (Lipinski definition) is 1. The third-order valence-electron chi connectivity index (χ3n) is 0.742. The van der Waals surface area contributed by atoms with E-state index in [1.165, 1.54) is 13.3 Å². The van der Waals surface area contributed by atoms with Crippen LogP contribution in [-0.2, 0) is 20.0 Å². The zero-order valence-electron chi connectivity index (χ0n) is 7.84. The van der Waals surface area contributed by atoms with Crippen molar-refractivity contribution in [1.82, 2.24) is 4.49 Å². The van der Waals surface area contributed by atoms with Gasteiger partial charge in [0, 0.05) is 0 Å². The van der Waals surface area contributed by atoms with E-state index < -0.39 is 27.3 Å². The zero-order valence-corrected chi connectivity index (χ0v) is 10.4. The first kappa shape index (κ1) is 13.1. The van der Waals surface area contributed by atoms with E-state index >= 15 is 0 Å². The van der Waals surface area contributed by atoms with Crippen molar-refractivity contribution in [3.8, 4) is 0 Å². The van der Waals surface area contributed by atoms with E-state index in [0.29, 0.717) is 0 Å². The Labute approximate surface area is 79.0 Å². The van der Waals surface area contributed by atoms with Crippen LogP contribution < -0.4 is 4.49 Å². The van der Waals surface area contributed by atoms with Crippen LogP contribution >= 0.6 is 7.21 Å². The Balaban J connectivity index is 5.13. The normalized spacial score (nSPS) is 14.2. The molecule has 0 amide bonds. The summed E-state index contributed by atoms with van der Waals surface area (Å²) in [7, 11) is -9.41. The van der Waals surface area contributed by atoms with Gasteiger partial charge in [0.1, 0.15) is 0 Å². The molecular formula is C4H13N2O4PS2. The lowest BCUT2D eigenvalue weighted by atomic mass is 11.9. The van der Waals surface area contributed by atoms with Gasteiger partial charge in [0.25, 0.3) is 0 Å². The van der Waals surface area contributed by atoms with Crippen molar-refractivity contribution in [2.24, 2.45) is 4.15 Å². The molecule has 0 rings (SSSR count). The smallest absolute Gasteiger partial charge is 0.212 e. The van der Waals surface area contributed by atoms with Gasteiger partial charge in [-0.3, -0.25) is 0 Å². The minimum atomic E-state index is -3.51. The highest BCUT2D eigenvalue weighted by atomic mass is 32.2. The number of rotatable bonds is 3. The predicted octanol–water partition coefficient (Wildman–Crippen LogP) is -0.129. The highest BCUT2D eigenvalue weighted by Crippen LogP contribution is 2.37. The molecule has 0 saturated heterocycles. The van der Waals surface area contributed by atoms with Crippen molar-refractivity contribution >= 4 is 27.3 Å². The maximum atomic E-state index is 10.8. The Kier molecular flexibility index (Phi) is 3.71. The quantitative estimate of drug-likeness (QED) is 0.704. The number of sulfonamides is 2. The van der Waals surface area contributed by atoms with Gasteiger partial charge in [-0.05, 0) is 13.3 Å². The van der Waals surface area contributed by atoms with Gasteiger partial charge in [-0.15, -0.1) is 0 Å². The Morgan fingerprint density at radius 1 is 1.08 bits per heavy atom. The van der Waals surface area contributed by atoms with E-state index in [0.717, 1.165) is 12.5 Å². The number of hydrogen-bond acceptors (Lipinski definition) is 4. The summed E-state index contributed by atoms with van der Waals surface area (Å²) in [5.74, 6) is 0. The number of nitrogens with zero attached hydrogens (tertiary/aromatic N) is 1. The molecule has 0 unspecified atom stereocenters. The highest BCUT2D eigenvalue weighted by molar-refractivity contribution is 7.98. The molecule has 13 heavy (non-hydrogen) atoms. The summed E-state index contributed by atoms with van der Waals surface area (Å²) in [6.45, 7) is 2.93. The average Bonchev–Trinajstić information content (AvgIpc) is 1.43. The zero-order chi connectivity index (χ0) is 10.9. The topological polar surface area (TPSA) is 92.7 Å². The Morgan fingerprint density at radius 3 is 1.69 bits per heavy atom. The molecule has 0 saturated carbocycles. The molecule has 0 spiro atoms. The van der Waals surface area contributed by atoms with E-state index in [-0.39, 0.29) is 0 Å². The molecule has 0 fully saturated rings. The molecule has 0 radical (unpaired) electrons. The summed E-state index contributed by atoms with van der Waals surface area (Å²) >= 11 is 0. The second-order valence-electron chi connectivity index (χ2n) is 3.07. The third kappa shape index (κ3) is 8.42. The Bertz CT molecular complexity index is 429. The van der Waals surface area contributed by atoms with Crippen LogP contribution in [0.25, 0.3) is 0 Å². The van der Waals surface area contributed by atoms with Crippen LogP contribution in [0.5, 0.6) is 0 Å². The molecular weight excluding hydrogens is 235 g/mol. The van der Waals surface area contributed by atoms with E-state index in [9.17, 15) is 16.8 Å². The second-order valence-corrected chi connectivity index (χ2v) is 10.3. The maximum absolute atomic E-state index is 10.8. The lowest BCUT2D eigenvalue weighted by molar-refractivity contribution is 0.600. The van der Waals surface area contributed by atoms with Crippen molar-refractivity contribution in [2.45, 2.75) is 0 Å². The first-order valence-electron chi connectivity index (χ1n) is 3.19. The largest absolute Gasteiger partial charge is 0.250 e. The first-order chi connectivity index (χ1) is 5.41. The van der Waals surface area contributed by atoms with Crippen LogP contribution in [-0.4, -0.2) is 42.7 Å². The fourth-order valence-corrected chi connectivity index (χ4v) is 7.44.